The van der Waals surface area contributed by atoms with Gasteiger partial charge in [0.1, 0.15) is 29.0 Å². The normalized spacial score (nSPS) is 23.5. The molecule has 16 rings (SSSR count). The fourth-order valence-electron chi connectivity index (χ4n) is 20.2. The van der Waals surface area contributed by atoms with E-state index in [4.69, 9.17) is 98.0 Å². The molecule has 8 aliphatic rings. The van der Waals surface area contributed by atoms with Crippen molar-refractivity contribution in [2.24, 2.45) is 41.4 Å². The van der Waals surface area contributed by atoms with E-state index in [-0.39, 0.29) is 120 Å². The highest BCUT2D eigenvalue weighted by Crippen LogP contribution is 2.42. The Morgan fingerprint density at radius 3 is 1.38 bits per heavy atom. The van der Waals surface area contributed by atoms with Crippen LogP contribution < -0.4 is 31.9 Å². The molecule has 784 valence electrons. The van der Waals surface area contributed by atoms with Crippen LogP contribution >= 0.6 is 69.6 Å². The number of ether oxygens (including phenoxy) is 6. The lowest BCUT2D eigenvalue weighted by Crippen LogP contribution is -2.45. The molecule has 8 saturated heterocycles. The first kappa shape index (κ1) is 114. The Morgan fingerprint density at radius 2 is 0.924 bits per heavy atom. The molecule has 144 heavy (non-hydrogen) atoms. The molecule has 0 bridgehead atoms. The molecule has 0 spiro atoms. The molecular weight excluding hydrogens is 2000 g/mol. The number of anilines is 4. The lowest BCUT2D eigenvalue weighted by molar-refractivity contribution is -0.170. The lowest BCUT2D eigenvalue weighted by Gasteiger charge is -2.35. The van der Waals surface area contributed by atoms with Gasteiger partial charge in [-0.15, -0.1) is 0 Å². The van der Waals surface area contributed by atoms with Gasteiger partial charge in [0.05, 0.1) is 96.6 Å². The molecule has 0 aliphatic carbocycles. The van der Waals surface area contributed by atoms with Gasteiger partial charge in [0.15, 0.2) is 0 Å². The molecule has 8 aliphatic heterocycles. The van der Waals surface area contributed by atoms with Crippen LogP contribution in [0.5, 0.6) is 0 Å². The van der Waals surface area contributed by atoms with Crippen molar-refractivity contribution in [3.63, 3.8) is 0 Å². The molecule has 8 aromatic rings. The largest absolute Gasteiger partial charge is 0.385 e. The fourth-order valence-corrected chi connectivity index (χ4v) is 24.2. The maximum absolute atomic E-state index is 14.5. The highest BCUT2D eigenvalue weighted by atomic mass is 35.5. The third kappa shape index (κ3) is 32.1. The molecule has 11 atom stereocenters. The summed E-state index contributed by atoms with van der Waals surface area (Å²) in [6.45, 7) is 33.4. The van der Waals surface area contributed by atoms with Gasteiger partial charge in [-0.3, -0.25) is 39.1 Å². The van der Waals surface area contributed by atoms with E-state index in [1.54, 1.807) is 71.7 Å². The van der Waals surface area contributed by atoms with Gasteiger partial charge in [-0.1, -0.05) is 87.8 Å². The third-order valence-electron chi connectivity index (χ3n) is 28.3. The van der Waals surface area contributed by atoms with Crippen molar-refractivity contribution in [2.75, 3.05) is 133 Å². The van der Waals surface area contributed by atoms with Crippen LogP contribution in [0.1, 0.15) is 183 Å². The van der Waals surface area contributed by atoms with Gasteiger partial charge in [0.25, 0.3) is 0 Å². The van der Waals surface area contributed by atoms with Crippen molar-refractivity contribution in [2.45, 2.75) is 238 Å². The number of aromatic nitrogens is 4. The quantitative estimate of drug-likeness (QED) is 0.0223. The van der Waals surface area contributed by atoms with Gasteiger partial charge >= 0.3 is 0 Å². The van der Waals surface area contributed by atoms with E-state index in [1.165, 1.54) is 14.7 Å². The summed E-state index contributed by atoms with van der Waals surface area (Å²) >= 11 is 39.2. The molecule has 8 fully saturated rings. The second kappa shape index (κ2) is 51.8. The molecule has 1 unspecified atom stereocenters. The highest BCUT2D eigenvalue weighted by molar-refractivity contribution is 7.90. The minimum Gasteiger partial charge on any atom is -0.385 e. The number of methoxy groups -OCH3 is 1. The number of halogens is 7. The predicted molar refractivity (Wildman–Crippen MR) is 575 cm³/mol. The number of nitrogens with one attached hydrogen (secondary N) is 6. The van der Waals surface area contributed by atoms with Crippen LogP contribution in [0.25, 0.3) is 44.5 Å². The lowest BCUT2D eigenvalue weighted by atomic mass is 9.88. The zero-order valence-electron chi connectivity index (χ0n) is 85.1. The molecule has 0 amide bonds. The summed E-state index contributed by atoms with van der Waals surface area (Å²) in [6.07, 6.45) is 18.2. The minimum absolute atomic E-state index is 0.0136. The highest BCUT2D eigenvalue weighted by Gasteiger charge is 2.40. The van der Waals surface area contributed by atoms with Crippen molar-refractivity contribution in [3.8, 4) is 44.5 Å². The Labute approximate surface area is 880 Å². The zero-order chi connectivity index (χ0) is 104. The molecule has 12 heterocycles. The van der Waals surface area contributed by atoms with E-state index in [2.05, 4.69) is 106 Å². The van der Waals surface area contributed by atoms with Crippen LogP contribution in [-0.2, 0) is 93.3 Å². The predicted octanol–water partition coefficient (Wildman–Crippen LogP) is 21.1. The molecule has 0 saturated carbocycles. The topological polar surface area (TPSA) is 322 Å². The monoisotopic (exact) mass is 2140 g/mol. The van der Waals surface area contributed by atoms with Gasteiger partial charge in [0, 0.05) is 244 Å². The number of carbonyl (C=O) groups is 4. The van der Waals surface area contributed by atoms with Gasteiger partial charge < -0.3 is 60.3 Å². The zero-order valence-corrected chi connectivity index (χ0v) is 91.3. The summed E-state index contributed by atoms with van der Waals surface area (Å²) in [7, 11) is -5.13. The minimum atomic E-state index is -3.39. The number of pyridine rings is 4. The molecule has 4 aromatic carbocycles. The van der Waals surface area contributed by atoms with Crippen LogP contribution in [0.4, 0.5) is 27.1 Å². The molecule has 6 N–H and O–H groups in total. The summed E-state index contributed by atoms with van der Waals surface area (Å²) in [4.78, 5) is 69.5. The van der Waals surface area contributed by atoms with E-state index in [0.29, 0.717) is 166 Å². The van der Waals surface area contributed by atoms with E-state index in [1.807, 2.05) is 86.6 Å². The van der Waals surface area contributed by atoms with Crippen LogP contribution in [0.15, 0.2) is 128 Å². The van der Waals surface area contributed by atoms with Crippen molar-refractivity contribution in [1.29, 1.82) is 0 Å². The Bertz CT molecular complexity index is 5770. The molecule has 26 nitrogen and oxygen atoms in total. The number of ketones is 4. The second-order valence-electron chi connectivity index (χ2n) is 42.1. The summed E-state index contributed by atoms with van der Waals surface area (Å²) in [6, 6.07) is 32.0. The molecule has 35 heteroatoms. The van der Waals surface area contributed by atoms with Crippen molar-refractivity contribution < 1.29 is 68.8 Å². The summed E-state index contributed by atoms with van der Waals surface area (Å²) in [5.41, 5.74) is 11.7. The Balaban J connectivity index is 0.000000161. The van der Waals surface area contributed by atoms with Crippen molar-refractivity contribution >= 4 is 136 Å². The van der Waals surface area contributed by atoms with Gasteiger partial charge in [0.2, 0.25) is 20.0 Å². The first-order valence-electron chi connectivity index (χ1n) is 50.7. The number of rotatable bonds is 33. The van der Waals surface area contributed by atoms with E-state index >= 15 is 0 Å². The van der Waals surface area contributed by atoms with E-state index < -0.39 is 30.5 Å². The number of hydrogen-bond donors (Lipinski definition) is 6. The Hall–Kier alpha value is -7.47. The molecular formula is C109H143Cl6FN12O14S2. The number of sulfonamides is 2. The third-order valence-corrected chi connectivity index (χ3v) is 34.6. The maximum atomic E-state index is 14.5. The van der Waals surface area contributed by atoms with Gasteiger partial charge in [-0.25, -0.2) is 29.8 Å². The number of benzene rings is 4. The standard InChI is InChI=1S/2C29H39Cl2N3O4S.C26H34ClN3O3.C25H31ClFN3O3/c2*1-19(2)39(36,37)34-10-5-6-21(18-34)28(35)14-23-13-25(27(31)17-33-23)24-12-22(7-8-26(24)30)32-16-20-9-11-38-29(3,4)15-20;1-16-7-18(8-17(2)33-16)12-29-20-6-4-5-19(9-20)22-10-21(30-14-24(22)27)11-25(31)23-13-28-15-26(23)32-3;1-25(2)15-32-19(14-33-25)12-30-23-8-16(5-6-22(23)27)20-9-18(29-13-21(20)26)10-24(31)17-4-3-7-28-11-17/h2*7-8,12-13,17,19-21,32H,5-6,9-11,14-16,18H2,1-4H3;4-6,9-10,14,16-18,23,26,28-29H,7-8,11-13,15H2,1-3H3;5-6,8-9,13,17,19,28,30H,3-4,7,10-12,14-15H2,1-2H3/t20-,21+;20-,21-;16-,17+,18?,23-,26+;17-,19+/m1011/s1. The van der Waals surface area contributed by atoms with Gasteiger partial charge in [-0.05, 0) is 280 Å². The molecule has 4 aromatic heterocycles. The van der Waals surface area contributed by atoms with Crippen molar-refractivity contribution in [1.82, 2.24) is 39.2 Å². The summed E-state index contributed by atoms with van der Waals surface area (Å²) in [5.74, 6) is 0.751. The average molecular weight is 2140 g/mol. The van der Waals surface area contributed by atoms with E-state index in [9.17, 15) is 40.4 Å². The first-order valence-corrected chi connectivity index (χ1v) is 56.0. The fraction of sp³-hybridized carbons (Fsp3) is 0.560. The number of nitrogens with zero attached hydrogens (tertiary/aromatic N) is 6. The number of carbonyl (C=O) groups excluding carboxylic acids is 4. The number of hydrogen-bond acceptors (Lipinski definition) is 24. The SMILES string of the molecule is CC(C)S(=O)(=O)N1CCC[C@H](C(=O)Cc2cc(-c3cc(NC[C@@H]4CCOC(C)(C)C4)ccc3Cl)c(Cl)cn2)C1.CC(C)S(=O)(=O)N1CCC[C@H](C(=O)Cc2cc(-c3cc(NC[C@H]4CCOC(C)(C)C4)ccc3Cl)c(Cl)cn2)C1.CC1(C)CO[C@@H](CNc2cc(-c3cc(CC(=O)[C@@H]4CCCNC4)ncc3Cl)ccc2F)CO1.CO[C@H]1CNC[C@@H]1C(=O)Cc1cc(-c2cccc(NCC3C[C@@H](C)O[C@@H](C)C3)c2)c(Cl)cn1. The second-order valence-corrected chi connectivity index (χ2v) is 49.5. The smallest absolute Gasteiger partial charge is 0.216 e. The van der Waals surface area contributed by atoms with Crippen LogP contribution in [0.3, 0.4) is 0 Å². The van der Waals surface area contributed by atoms with Gasteiger partial charge in [-0.2, -0.15) is 0 Å². The van der Waals surface area contributed by atoms with Crippen LogP contribution in [0.2, 0.25) is 30.1 Å². The summed E-state index contributed by atoms with van der Waals surface area (Å²) < 4.78 is 103. The van der Waals surface area contributed by atoms with Crippen LogP contribution in [0, 0.1) is 47.2 Å². The van der Waals surface area contributed by atoms with E-state index in [0.717, 1.165) is 153 Å². The maximum Gasteiger partial charge on any atom is 0.216 e. The first-order chi connectivity index (χ1) is 68.4. The number of Topliss-reactive ketones (excluding diaryl/α,β-unsaturated/α-hetero) is 4. The summed E-state index contributed by atoms with van der Waals surface area (Å²) in [5, 5.41) is 22.3. The van der Waals surface area contributed by atoms with Crippen molar-refractivity contribution in [3.05, 3.63) is 187 Å². The average Bonchev–Trinajstić information content (AvgIpc) is 0.904. The Kier molecular flexibility index (Phi) is 40.9. The Morgan fingerprint density at radius 1 is 0.479 bits per heavy atom. The number of piperidine rings is 3. The van der Waals surface area contributed by atoms with Crippen LogP contribution in [-0.4, -0.2) is 232 Å². The molecule has 0 radical (unpaired) electrons.